The van der Waals surface area contributed by atoms with Crippen LogP contribution in [0.15, 0.2) is 146 Å². The van der Waals surface area contributed by atoms with Crippen LogP contribution in [0.1, 0.15) is 61.1 Å². The van der Waals surface area contributed by atoms with Gasteiger partial charge in [-0.3, -0.25) is 0 Å². The summed E-state index contributed by atoms with van der Waals surface area (Å²) >= 11 is 0. The molecule has 0 atom stereocenters. The Morgan fingerprint density at radius 2 is 0.846 bits per heavy atom. The van der Waals surface area contributed by atoms with E-state index < -0.39 is 0 Å². The Balaban J connectivity index is 1.27. The Labute approximate surface area is 307 Å². The van der Waals surface area contributed by atoms with Crippen LogP contribution in [-0.2, 0) is 10.8 Å². The smallest absolute Gasteiger partial charge is 0.0159 e. The van der Waals surface area contributed by atoms with Gasteiger partial charge in [-0.25, -0.2) is 0 Å². The highest BCUT2D eigenvalue weighted by molar-refractivity contribution is 6.22. The first-order valence-electron chi connectivity index (χ1n) is 18.7. The molecule has 0 spiro atoms. The van der Waals surface area contributed by atoms with Crippen LogP contribution in [0.3, 0.4) is 0 Å². The molecular formula is C52H42. The topological polar surface area (TPSA) is 0 Å². The van der Waals surface area contributed by atoms with E-state index in [0.717, 1.165) is 0 Å². The van der Waals surface area contributed by atoms with E-state index in [4.69, 9.17) is 0 Å². The molecule has 0 nitrogen and oxygen atoms in total. The largest absolute Gasteiger partial charge is 0.0619 e. The van der Waals surface area contributed by atoms with E-state index in [1.54, 1.807) is 0 Å². The third kappa shape index (κ3) is 4.28. The maximum Gasteiger partial charge on any atom is 0.0159 e. The molecule has 2 aliphatic rings. The van der Waals surface area contributed by atoms with E-state index >= 15 is 0 Å². The van der Waals surface area contributed by atoms with Crippen LogP contribution in [-0.4, -0.2) is 0 Å². The highest BCUT2D eigenvalue weighted by Crippen LogP contribution is 2.53. The summed E-state index contributed by atoms with van der Waals surface area (Å²) in [6.07, 6.45) is 0. The molecule has 0 amide bonds. The summed E-state index contributed by atoms with van der Waals surface area (Å²) in [6.45, 7) is 13.9. The summed E-state index contributed by atoms with van der Waals surface area (Å²) in [5, 5.41) is 5.17. The van der Waals surface area contributed by atoms with Crippen molar-refractivity contribution < 1.29 is 0 Å². The molecule has 0 heterocycles. The second kappa shape index (κ2) is 10.9. The fourth-order valence-electron chi connectivity index (χ4n) is 9.81. The summed E-state index contributed by atoms with van der Waals surface area (Å²) in [4.78, 5) is 0. The normalized spacial score (nSPS) is 14.7. The van der Waals surface area contributed by atoms with Gasteiger partial charge in [-0.05, 0) is 137 Å². The molecule has 0 bridgehead atoms. The minimum atomic E-state index is -0.0508. The Morgan fingerprint density at radius 1 is 0.327 bits per heavy atom. The molecule has 2 aliphatic carbocycles. The fourth-order valence-corrected chi connectivity index (χ4v) is 9.81. The van der Waals surface area contributed by atoms with E-state index in [1.165, 1.54) is 111 Å². The quantitative estimate of drug-likeness (QED) is 0.165. The van der Waals surface area contributed by atoms with Gasteiger partial charge in [-0.15, -0.1) is 0 Å². The van der Waals surface area contributed by atoms with Gasteiger partial charge in [0.1, 0.15) is 0 Å². The monoisotopic (exact) mass is 666 g/mol. The van der Waals surface area contributed by atoms with Crippen LogP contribution in [0.25, 0.3) is 77.2 Å². The van der Waals surface area contributed by atoms with Gasteiger partial charge in [0.2, 0.25) is 0 Å². The molecule has 250 valence electrons. The van der Waals surface area contributed by atoms with Gasteiger partial charge in [-0.2, -0.15) is 0 Å². The van der Waals surface area contributed by atoms with Crippen molar-refractivity contribution in [2.45, 2.75) is 52.4 Å². The summed E-state index contributed by atoms with van der Waals surface area (Å²) in [5.74, 6) is 0. The number of hydrogen-bond acceptors (Lipinski definition) is 0. The summed E-state index contributed by atoms with van der Waals surface area (Å²) in [7, 11) is 0. The summed E-state index contributed by atoms with van der Waals surface area (Å²) in [5.41, 5.74) is 21.3. The lowest BCUT2D eigenvalue weighted by molar-refractivity contribution is 0.660. The van der Waals surface area contributed by atoms with Crippen LogP contribution < -0.4 is 0 Å². The molecule has 0 saturated carbocycles. The van der Waals surface area contributed by atoms with Gasteiger partial charge in [-0.1, -0.05) is 161 Å². The number of aryl methyl sites for hydroxylation is 2. The predicted octanol–water partition coefficient (Wildman–Crippen LogP) is 14.2. The highest BCUT2D eigenvalue weighted by Gasteiger charge is 2.36. The Morgan fingerprint density at radius 3 is 1.58 bits per heavy atom. The molecule has 0 fully saturated rings. The molecule has 0 radical (unpaired) electrons. The van der Waals surface area contributed by atoms with Crippen LogP contribution in [0.5, 0.6) is 0 Å². The number of benzene rings is 8. The lowest BCUT2D eigenvalue weighted by atomic mass is 9.80. The van der Waals surface area contributed by atoms with Gasteiger partial charge in [0.05, 0.1) is 0 Å². The van der Waals surface area contributed by atoms with Gasteiger partial charge in [0.15, 0.2) is 0 Å². The van der Waals surface area contributed by atoms with Crippen molar-refractivity contribution in [3.63, 3.8) is 0 Å². The third-order valence-corrected chi connectivity index (χ3v) is 12.5. The SMILES string of the molecule is Cc1ccc(-c2c3ccccc3c(-c3ccc4c(c3)-c3ccccc3C4(C)C)c3cc(-c4ccc5c(c4)C(C)(C)c4ccccc4-5)ccc23)c(C)c1. The second-order valence-electron chi connectivity index (χ2n) is 16.2. The van der Waals surface area contributed by atoms with E-state index in [-0.39, 0.29) is 10.8 Å². The van der Waals surface area contributed by atoms with E-state index in [1.807, 2.05) is 0 Å². The standard InChI is InChI=1S/C52H42/c1-31-19-23-36(32(2)27-31)50-41-16-8-7-15-40(41)49(35-22-26-47-43(29-35)38-14-10-12-18-46(38)51(47,3)4)44-28-33(21-25-42(44)50)34-20-24-39-37-13-9-11-17-45(37)52(5,6)48(39)30-34/h7-30H,1-6H3. The minimum Gasteiger partial charge on any atom is -0.0619 e. The lowest BCUT2D eigenvalue weighted by Gasteiger charge is -2.23. The van der Waals surface area contributed by atoms with Crippen molar-refractivity contribution in [2.24, 2.45) is 0 Å². The fraction of sp³-hybridized carbons (Fsp3) is 0.154. The molecule has 10 rings (SSSR count). The average molecular weight is 667 g/mol. The Kier molecular flexibility index (Phi) is 6.50. The van der Waals surface area contributed by atoms with Crippen LogP contribution in [0.2, 0.25) is 0 Å². The molecule has 8 aromatic rings. The number of hydrogen-bond donors (Lipinski definition) is 0. The van der Waals surface area contributed by atoms with Crippen molar-refractivity contribution in [1.82, 2.24) is 0 Å². The first kappa shape index (κ1) is 31.1. The van der Waals surface area contributed by atoms with Crippen LogP contribution in [0.4, 0.5) is 0 Å². The highest BCUT2D eigenvalue weighted by atomic mass is 14.4. The molecule has 0 saturated heterocycles. The van der Waals surface area contributed by atoms with E-state index in [2.05, 4.69) is 187 Å². The maximum absolute atomic E-state index is 2.48. The second-order valence-corrected chi connectivity index (χ2v) is 16.2. The van der Waals surface area contributed by atoms with E-state index in [9.17, 15) is 0 Å². The lowest BCUT2D eigenvalue weighted by Crippen LogP contribution is -2.14. The van der Waals surface area contributed by atoms with Crippen molar-refractivity contribution in [1.29, 1.82) is 0 Å². The van der Waals surface area contributed by atoms with Crippen molar-refractivity contribution in [2.75, 3.05) is 0 Å². The first-order chi connectivity index (χ1) is 25.1. The zero-order valence-electron chi connectivity index (χ0n) is 30.9. The summed E-state index contributed by atoms with van der Waals surface area (Å²) < 4.78 is 0. The van der Waals surface area contributed by atoms with Crippen molar-refractivity contribution in [3.05, 3.63) is 179 Å². The van der Waals surface area contributed by atoms with Gasteiger partial charge in [0, 0.05) is 10.8 Å². The minimum absolute atomic E-state index is 0.0322. The van der Waals surface area contributed by atoms with Crippen molar-refractivity contribution in [3.8, 4) is 55.6 Å². The first-order valence-corrected chi connectivity index (χ1v) is 18.7. The molecule has 0 aliphatic heterocycles. The molecular weight excluding hydrogens is 625 g/mol. The third-order valence-electron chi connectivity index (χ3n) is 12.5. The van der Waals surface area contributed by atoms with Gasteiger partial charge >= 0.3 is 0 Å². The van der Waals surface area contributed by atoms with E-state index in [0.29, 0.717) is 0 Å². The molecule has 8 aromatic carbocycles. The Hall–Kier alpha value is -5.72. The number of fused-ring (bicyclic) bond motifs is 8. The van der Waals surface area contributed by atoms with Gasteiger partial charge < -0.3 is 0 Å². The van der Waals surface area contributed by atoms with Crippen molar-refractivity contribution >= 4 is 21.5 Å². The zero-order chi connectivity index (χ0) is 35.5. The van der Waals surface area contributed by atoms with Crippen LogP contribution >= 0.6 is 0 Å². The molecule has 0 N–H and O–H groups in total. The van der Waals surface area contributed by atoms with Gasteiger partial charge in [0.25, 0.3) is 0 Å². The maximum atomic E-state index is 2.48. The zero-order valence-corrected chi connectivity index (χ0v) is 30.9. The number of rotatable bonds is 3. The van der Waals surface area contributed by atoms with Crippen LogP contribution in [0, 0.1) is 13.8 Å². The predicted molar refractivity (Wildman–Crippen MR) is 222 cm³/mol. The molecule has 52 heavy (non-hydrogen) atoms. The average Bonchev–Trinajstić information content (AvgIpc) is 3.53. The molecule has 0 aromatic heterocycles. The Bertz CT molecular complexity index is 2800. The molecule has 0 unspecified atom stereocenters. The summed E-state index contributed by atoms with van der Waals surface area (Å²) in [6, 6.07) is 55.5. The molecule has 0 heteroatoms.